The van der Waals surface area contributed by atoms with Gasteiger partial charge in [0.1, 0.15) is 11.6 Å². The van der Waals surface area contributed by atoms with E-state index in [0.29, 0.717) is 17.3 Å². The van der Waals surface area contributed by atoms with E-state index in [2.05, 4.69) is 26.9 Å². The molecule has 0 bridgehead atoms. The molecule has 158 valence electrons. The number of urea groups is 1. The van der Waals surface area contributed by atoms with Crippen LogP contribution in [0.3, 0.4) is 0 Å². The van der Waals surface area contributed by atoms with Crippen LogP contribution in [0.1, 0.15) is 16.5 Å². The summed E-state index contributed by atoms with van der Waals surface area (Å²) >= 11 is 2.88. The van der Waals surface area contributed by atoms with Crippen molar-refractivity contribution < 1.29 is 14.0 Å². The quantitative estimate of drug-likeness (QED) is 0.395. The summed E-state index contributed by atoms with van der Waals surface area (Å²) in [6.45, 7) is 0.202. The molecular weight excluding hydrogens is 434 g/mol. The van der Waals surface area contributed by atoms with Crippen LogP contribution in [0.2, 0.25) is 0 Å². The predicted molar refractivity (Wildman–Crippen MR) is 118 cm³/mol. The first-order chi connectivity index (χ1) is 15.2. The van der Waals surface area contributed by atoms with Gasteiger partial charge in [0.25, 0.3) is 0 Å². The van der Waals surface area contributed by atoms with Gasteiger partial charge in [0.15, 0.2) is 5.16 Å². The normalized spacial score (nSPS) is 10.7. The van der Waals surface area contributed by atoms with Crippen molar-refractivity contribution in [2.45, 2.75) is 18.1 Å². The van der Waals surface area contributed by atoms with Gasteiger partial charge in [-0.1, -0.05) is 36.0 Å². The van der Waals surface area contributed by atoms with E-state index in [1.165, 1.54) is 22.9 Å². The molecule has 0 aliphatic heterocycles. The number of carbonyl (C=O) groups is 2. The zero-order valence-electron chi connectivity index (χ0n) is 16.4. The molecular formula is C21H19N5O3S2. The van der Waals surface area contributed by atoms with Gasteiger partial charge in [0.05, 0.1) is 18.6 Å². The molecule has 2 N–H and O–H groups in total. The van der Waals surface area contributed by atoms with Crippen LogP contribution in [0, 0.1) is 0 Å². The minimum absolute atomic E-state index is 0.0259. The Hall–Kier alpha value is -3.37. The Balaban J connectivity index is 1.40. The topological polar surface area (TPSA) is 102 Å². The van der Waals surface area contributed by atoms with Crippen LogP contribution in [0.25, 0.3) is 5.69 Å². The highest BCUT2D eigenvalue weighted by Crippen LogP contribution is 2.24. The third-order valence-electron chi connectivity index (χ3n) is 4.22. The van der Waals surface area contributed by atoms with Crippen LogP contribution in [0.5, 0.6) is 0 Å². The highest BCUT2D eigenvalue weighted by Gasteiger charge is 2.17. The van der Waals surface area contributed by atoms with Crippen molar-refractivity contribution in [2.24, 2.45) is 0 Å². The first kappa shape index (κ1) is 20.9. The maximum atomic E-state index is 12.2. The van der Waals surface area contributed by atoms with Gasteiger partial charge < -0.3 is 9.73 Å². The number of imide groups is 1. The molecule has 8 nitrogen and oxygen atoms in total. The Bertz CT molecular complexity index is 1130. The van der Waals surface area contributed by atoms with Crippen molar-refractivity contribution in [1.29, 1.82) is 0 Å². The molecule has 10 heteroatoms. The standard InChI is InChI=1S/C21H19N5O3S2/c27-19(23-20(28)22-13-16-8-4-10-29-16)14-31-21-25-24-18(12-17-9-5-11-30-17)26(21)15-6-2-1-3-7-15/h1-11H,12-14H2,(H2,22,23,27,28). The molecule has 4 aromatic rings. The van der Waals surface area contributed by atoms with E-state index in [9.17, 15) is 9.59 Å². The molecule has 31 heavy (non-hydrogen) atoms. The second-order valence-electron chi connectivity index (χ2n) is 6.42. The molecule has 3 aromatic heterocycles. The largest absolute Gasteiger partial charge is 0.467 e. The number of hydrogen-bond donors (Lipinski definition) is 2. The lowest BCUT2D eigenvalue weighted by molar-refractivity contribution is -0.117. The number of benzene rings is 1. The summed E-state index contributed by atoms with van der Waals surface area (Å²) < 4.78 is 7.08. The Labute approximate surface area is 186 Å². The van der Waals surface area contributed by atoms with Crippen molar-refractivity contribution in [1.82, 2.24) is 25.4 Å². The molecule has 4 rings (SSSR count). The Kier molecular flexibility index (Phi) is 6.80. The van der Waals surface area contributed by atoms with Crippen molar-refractivity contribution in [2.75, 3.05) is 5.75 Å². The summed E-state index contributed by atoms with van der Waals surface area (Å²) in [5, 5.41) is 16.1. The maximum Gasteiger partial charge on any atom is 0.321 e. The number of amides is 3. The maximum absolute atomic E-state index is 12.2. The van der Waals surface area contributed by atoms with Gasteiger partial charge in [-0.05, 0) is 35.7 Å². The number of nitrogens with zero attached hydrogens (tertiary/aromatic N) is 3. The Morgan fingerprint density at radius 1 is 1.06 bits per heavy atom. The summed E-state index contributed by atoms with van der Waals surface area (Å²) in [5.41, 5.74) is 0.915. The van der Waals surface area contributed by atoms with Crippen molar-refractivity contribution in [3.8, 4) is 5.69 Å². The van der Waals surface area contributed by atoms with E-state index < -0.39 is 11.9 Å². The van der Waals surface area contributed by atoms with E-state index >= 15 is 0 Å². The number of rotatable bonds is 8. The van der Waals surface area contributed by atoms with Gasteiger partial charge in [-0.2, -0.15) is 0 Å². The summed E-state index contributed by atoms with van der Waals surface area (Å²) in [6.07, 6.45) is 2.16. The minimum atomic E-state index is -0.579. The number of thioether (sulfide) groups is 1. The van der Waals surface area contributed by atoms with Gasteiger partial charge in [0.2, 0.25) is 5.91 Å². The first-order valence-electron chi connectivity index (χ1n) is 9.44. The Morgan fingerprint density at radius 2 is 1.94 bits per heavy atom. The monoisotopic (exact) mass is 453 g/mol. The molecule has 1 aromatic carbocycles. The Morgan fingerprint density at radius 3 is 2.68 bits per heavy atom. The molecule has 0 spiro atoms. The van der Waals surface area contributed by atoms with Crippen molar-refractivity contribution >= 4 is 35.0 Å². The highest BCUT2D eigenvalue weighted by molar-refractivity contribution is 7.99. The summed E-state index contributed by atoms with van der Waals surface area (Å²) in [5.74, 6) is 0.987. The van der Waals surface area contributed by atoms with Crippen molar-refractivity contribution in [3.05, 3.63) is 82.7 Å². The molecule has 0 fully saturated rings. The van der Waals surface area contributed by atoms with Crippen molar-refractivity contribution in [3.63, 3.8) is 0 Å². The van der Waals surface area contributed by atoms with Crippen LogP contribution >= 0.6 is 23.1 Å². The van der Waals surface area contributed by atoms with Crippen LogP contribution in [-0.2, 0) is 17.8 Å². The molecule has 0 aliphatic rings. The van der Waals surface area contributed by atoms with Gasteiger partial charge in [0, 0.05) is 17.0 Å². The van der Waals surface area contributed by atoms with Crippen LogP contribution in [0.15, 0.2) is 75.8 Å². The van der Waals surface area contributed by atoms with E-state index in [0.717, 1.165) is 11.5 Å². The van der Waals surface area contributed by atoms with Gasteiger partial charge in [-0.3, -0.25) is 14.7 Å². The van der Waals surface area contributed by atoms with Gasteiger partial charge in [-0.15, -0.1) is 21.5 Å². The number of hydrogen-bond acceptors (Lipinski definition) is 7. The zero-order chi connectivity index (χ0) is 21.5. The average Bonchev–Trinajstić information content (AvgIpc) is 3.54. The SMILES string of the molecule is O=C(CSc1nnc(Cc2cccs2)n1-c1ccccc1)NC(=O)NCc1ccco1. The molecule has 0 saturated heterocycles. The van der Waals surface area contributed by atoms with E-state index in [1.54, 1.807) is 23.5 Å². The first-order valence-corrected chi connectivity index (χ1v) is 11.3. The van der Waals surface area contributed by atoms with Crippen LogP contribution in [0.4, 0.5) is 4.79 Å². The third kappa shape index (κ3) is 5.62. The summed E-state index contributed by atoms with van der Waals surface area (Å²) in [4.78, 5) is 25.3. The minimum Gasteiger partial charge on any atom is -0.467 e. The number of thiophene rings is 1. The molecule has 0 unspecified atom stereocenters. The highest BCUT2D eigenvalue weighted by atomic mass is 32.2. The average molecular weight is 454 g/mol. The summed E-state index contributed by atoms with van der Waals surface area (Å²) in [6, 6.07) is 16.7. The molecule has 0 atom stereocenters. The number of para-hydroxylation sites is 1. The fraction of sp³-hybridized carbons (Fsp3) is 0.143. The lowest BCUT2D eigenvalue weighted by Crippen LogP contribution is -2.39. The third-order valence-corrected chi connectivity index (χ3v) is 6.02. The second-order valence-corrected chi connectivity index (χ2v) is 8.40. The fourth-order valence-corrected chi connectivity index (χ4v) is 4.30. The number of furan rings is 1. The lowest BCUT2D eigenvalue weighted by Gasteiger charge is -2.10. The molecule has 3 amide bonds. The molecule has 0 aliphatic carbocycles. The van der Waals surface area contributed by atoms with E-state index in [-0.39, 0.29) is 12.3 Å². The second kappa shape index (κ2) is 10.1. The number of aromatic nitrogens is 3. The van der Waals surface area contributed by atoms with E-state index in [4.69, 9.17) is 4.42 Å². The van der Waals surface area contributed by atoms with Crippen LogP contribution in [-0.4, -0.2) is 32.5 Å². The fourth-order valence-electron chi connectivity index (χ4n) is 2.83. The smallest absolute Gasteiger partial charge is 0.321 e. The van der Waals surface area contributed by atoms with Gasteiger partial charge >= 0.3 is 6.03 Å². The number of nitrogens with one attached hydrogen (secondary N) is 2. The molecule has 0 radical (unpaired) electrons. The number of carbonyl (C=O) groups excluding carboxylic acids is 2. The van der Waals surface area contributed by atoms with Crippen LogP contribution < -0.4 is 10.6 Å². The van der Waals surface area contributed by atoms with Gasteiger partial charge in [-0.25, -0.2) is 4.79 Å². The zero-order valence-corrected chi connectivity index (χ0v) is 18.0. The predicted octanol–water partition coefficient (Wildman–Crippen LogP) is 3.63. The van der Waals surface area contributed by atoms with E-state index in [1.807, 2.05) is 46.3 Å². The summed E-state index contributed by atoms with van der Waals surface area (Å²) in [7, 11) is 0. The lowest BCUT2D eigenvalue weighted by atomic mass is 10.3. The molecule has 0 saturated carbocycles. The molecule has 3 heterocycles.